The third-order valence-corrected chi connectivity index (χ3v) is 14.0. The number of ether oxygens (including phenoxy) is 5. The highest BCUT2D eigenvalue weighted by Gasteiger charge is 2.49. The molecule has 2 N–H and O–H groups in total. The second-order valence-corrected chi connectivity index (χ2v) is 21.5. The predicted octanol–water partition coefficient (Wildman–Crippen LogP) is 11.4. The van der Waals surface area contributed by atoms with E-state index in [1.807, 2.05) is 41.5 Å². The quantitative estimate of drug-likeness (QED) is 0.108. The van der Waals surface area contributed by atoms with Crippen LogP contribution in [0.4, 0.5) is 18.4 Å². The van der Waals surface area contributed by atoms with Crippen molar-refractivity contribution in [2.75, 3.05) is 13.2 Å². The number of alkyl carbamates (subject to hydrolysis) is 2. The van der Waals surface area contributed by atoms with E-state index in [4.69, 9.17) is 23.7 Å². The highest BCUT2D eigenvalue weighted by atomic mass is 19.1. The van der Waals surface area contributed by atoms with Crippen LogP contribution in [0.5, 0.6) is 11.5 Å². The molecule has 0 heterocycles. The standard InChI is InChI=1S/C52H74F2N2O9/c1-49(2,3)64-47(59)55-45-33-19-11-9-15-23-51(45,7)39-29-35(31-41(53)37(39)27-33)62-43(57)21-13-17-25-61-26-18-14-22-44(58)63-36-30-40-38(42(54)32-36)28-34-20-12-10-16-24-52(40,8)46(34)56-48(60)65-50(4,5)6/h29-34,45-46H,9-28H2,1-8H3,(H,55,59)(H,56,60)/t33-,34-,45-,46-,51+,52+/m0/s1. The predicted molar refractivity (Wildman–Crippen MR) is 244 cm³/mol. The summed E-state index contributed by atoms with van der Waals surface area (Å²) in [6.07, 6.45) is 11.9. The Bertz CT molecular complexity index is 1890. The number of hydrogen-bond acceptors (Lipinski definition) is 9. The SMILES string of the molecule is CC(C)(C)OC(=O)N[C@H]1[C@H]2CCCCC[C@]1(C)c1cc(OC(=O)CCCCOCCCCC(=O)Oc3cc(F)c4c(c3)[C@@]3(C)CCCCC[C@@H](C4)[C@@H]3NC(=O)OC(C)(C)C)cc(F)c1C2. The number of nitrogens with one attached hydrogen (secondary N) is 2. The molecule has 0 saturated heterocycles. The van der Waals surface area contributed by atoms with E-state index in [1.54, 1.807) is 12.1 Å². The molecule has 6 rings (SSSR count). The third kappa shape index (κ3) is 13.0. The van der Waals surface area contributed by atoms with Crippen molar-refractivity contribution in [3.8, 4) is 11.5 Å². The fourth-order valence-electron chi connectivity index (χ4n) is 11.0. The van der Waals surface area contributed by atoms with Crippen molar-refractivity contribution in [2.45, 2.75) is 205 Å². The number of carbonyl (C=O) groups is 4. The van der Waals surface area contributed by atoms with Gasteiger partial charge in [0.1, 0.15) is 34.3 Å². The maximum absolute atomic E-state index is 15.8. The molecule has 0 aliphatic heterocycles. The van der Waals surface area contributed by atoms with Crippen LogP contribution in [-0.4, -0.2) is 60.6 Å². The number of esters is 2. The number of amides is 2. The normalized spacial score (nSPS) is 25.3. The topological polar surface area (TPSA) is 138 Å². The largest absolute Gasteiger partial charge is 0.444 e. The first-order chi connectivity index (χ1) is 30.6. The van der Waals surface area contributed by atoms with Gasteiger partial charge in [0.15, 0.2) is 0 Å². The molecule has 0 aromatic heterocycles. The van der Waals surface area contributed by atoms with Crippen molar-refractivity contribution >= 4 is 24.1 Å². The van der Waals surface area contributed by atoms with Crippen LogP contribution >= 0.6 is 0 Å². The minimum Gasteiger partial charge on any atom is -0.444 e. The molecule has 4 bridgehead atoms. The van der Waals surface area contributed by atoms with Crippen LogP contribution in [-0.2, 0) is 47.5 Å². The van der Waals surface area contributed by atoms with Crippen molar-refractivity contribution in [1.82, 2.24) is 10.6 Å². The Hall–Kier alpha value is -4.26. The smallest absolute Gasteiger partial charge is 0.407 e. The fraction of sp³-hybridized carbons (Fsp3) is 0.692. The highest BCUT2D eigenvalue weighted by Crippen LogP contribution is 2.50. The number of rotatable bonds is 14. The Balaban J connectivity index is 0.935. The summed E-state index contributed by atoms with van der Waals surface area (Å²) in [6.45, 7) is 16.0. The van der Waals surface area contributed by atoms with E-state index in [-0.39, 0.29) is 48.3 Å². The van der Waals surface area contributed by atoms with E-state index in [2.05, 4.69) is 24.5 Å². The van der Waals surface area contributed by atoms with Crippen molar-refractivity contribution in [3.05, 3.63) is 58.2 Å². The highest BCUT2D eigenvalue weighted by molar-refractivity contribution is 5.73. The molecule has 2 saturated carbocycles. The van der Waals surface area contributed by atoms with Gasteiger partial charge in [-0.05, 0) is 152 Å². The lowest BCUT2D eigenvalue weighted by Gasteiger charge is -2.49. The van der Waals surface area contributed by atoms with Crippen molar-refractivity contribution in [1.29, 1.82) is 0 Å². The molecular weight excluding hydrogens is 835 g/mol. The Kier molecular flexibility index (Phi) is 16.3. The van der Waals surface area contributed by atoms with Gasteiger partial charge in [0, 0.05) is 61.1 Å². The Morgan fingerprint density at radius 3 is 1.38 bits per heavy atom. The molecule has 2 aromatic rings. The van der Waals surface area contributed by atoms with E-state index in [1.165, 1.54) is 12.1 Å². The monoisotopic (exact) mass is 909 g/mol. The van der Waals surface area contributed by atoms with Gasteiger partial charge in [-0.2, -0.15) is 0 Å². The molecule has 4 aliphatic rings. The number of benzene rings is 2. The second-order valence-electron chi connectivity index (χ2n) is 21.5. The number of halogens is 2. The van der Waals surface area contributed by atoms with Crippen LogP contribution in [0.1, 0.15) is 180 Å². The van der Waals surface area contributed by atoms with E-state index < -0.39 is 57.8 Å². The summed E-state index contributed by atoms with van der Waals surface area (Å²) in [4.78, 5) is 51.8. The molecule has 65 heavy (non-hydrogen) atoms. The third-order valence-electron chi connectivity index (χ3n) is 14.0. The van der Waals surface area contributed by atoms with E-state index in [9.17, 15) is 19.2 Å². The maximum atomic E-state index is 15.8. The van der Waals surface area contributed by atoms with Crippen LogP contribution in [0.15, 0.2) is 24.3 Å². The fourth-order valence-corrected chi connectivity index (χ4v) is 11.0. The first-order valence-electron chi connectivity index (χ1n) is 24.3. The summed E-state index contributed by atoms with van der Waals surface area (Å²) in [5.41, 5.74) is 0.387. The van der Waals surface area contributed by atoms with Gasteiger partial charge in [-0.15, -0.1) is 0 Å². The summed E-state index contributed by atoms with van der Waals surface area (Å²) in [6, 6.07) is 5.69. The van der Waals surface area contributed by atoms with Crippen LogP contribution in [0.2, 0.25) is 0 Å². The van der Waals surface area contributed by atoms with Gasteiger partial charge in [0.2, 0.25) is 0 Å². The van der Waals surface area contributed by atoms with Crippen LogP contribution in [0.25, 0.3) is 0 Å². The van der Waals surface area contributed by atoms with E-state index >= 15 is 8.78 Å². The minimum atomic E-state index is -0.650. The number of fused-ring (bicyclic) bond motifs is 8. The summed E-state index contributed by atoms with van der Waals surface area (Å²) in [7, 11) is 0. The van der Waals surface area contributed by atoms with Crippen LogP contribution in [0.3, 0.4) is 0 Å². The molecule has 2 aromatic carbocycles. The van der Waals surface area contributed by atoms with Gasteiger partial charge in [-0.3, -0.25) is 9.59 Å². The summed E-state index contributed by atoms with van der Waals surface area (Å²) >= 11 is 0. The number of carbonyl (C=O) groups excluding carboxylic acids is 4. The Labute approximate surface area is 385 Å². The van der Waals surface area contributed by atoms with Crippen molar-refractivity contribution in [3.63, 3.8) is 0 Å². The molecule has 4 aliphatic carbocycles. The number of unbranched alkanes of at least 4 members (excludes halogenated alkanes) is 2. The second kappa shape index (κ2) is 21.1. The Morgan fingerprint density at radius 2 is 1.00 bits per heavy atom. The average molecular weight is 909 g/mol. The van der Waals surface area contributed by atoms with Gasteiger partial charge < -0.3 is 34.3 Å². The van der Waals surface area contributed by atoms with E-state index in [0.29, 0.717) is 62.9 Å². The first-order valence-corrected chi connectivity index (χ1v) is 24.3. The lowest BCUT2D eigenvalue weighted by molar-refractivity contribution is -0.135. The van der Waals surface area contributed by atoms with Gasteiger partial charge in [-0.1, -0.05) is 52.4 Å². The molecule has 0 radical (unpaired) electrons. The van der Waals surface area contributed by atoms with Crippen LogP contribution in [0, 0.1) is 23.5 Å². The zero-order valence-electron chi connectivity index (χ0n) is 40.2. The summed E-state index contributed by atoms with van der Waals surface area (Å²) in [5.74, 6) is -1.24. The van der Waals surface area contributed by atoms with Crippen LogP contribution < -0.4 is 20.1 Å². The summed E-state index contributed by atoms with van der Waals surface area (Å²) in [5, 5.41) is 6.31. The number of hydrogen-bond donors (Lipinski definition) is 2. The zero-order chi connectivity index (χ0) is 47.2. The van der Waals surface area contributed by atoms with Crippen molar-refractivity contribution in [2.24, 2.45) is 11.8 Å². The van der Waals surface area contributed by atoms with Gasteiger partial charge in [-0.25, -0.2) is 18.4 Å². The molecule has 360 valence electrons. The molecular formula is C52H74F2N2O9. The molecule has 0 spiro atoms. The summed E-state index contributed by atoms with van der Waals surface area (Å²) < 4.78 is 60.0. The lowest BCUT2D eigenvalue weighted by Crippen LogP contribution is -2.57. The minimum absolute atomic E-state index is 0.0609. The zero-order valence-corrected chi connectivity index (χ0v) is 40.2. The lowest BCUT2D eigenvalue weighted by atomic mass is 9.59. The molecule has 2 fully saturated rings. The molecule has 6 atom stereocenters. The maximum Gasteiger partial charge on any atom is 0.407 e. The van der Waals surface area contributed by atoms with Gasteiger partial charge >= 0.3 is 24.1 Å². The molecule has 0 unspecified atom stereocenters. The first kappa shape index (κ1) is 50.2. The Morgan fingerprint density at radius 1 is 0.600 bits per heavy atom. The van der Waals surface area contributed by atoms with Gasteiger partial charge in [0.05, 0.1) is 0 Å². The average Bonchev–Trinajstić information content (AvgIpc) is 3.18. The molecule has 11 nitrogen and oxygen atoms in total. The molecule has 2 amide bonds. The van der Waals surface area contributed by atoms with Gasteiger partial charge in [0.25, 0.3) is 0 Å². The van der Waals surface area contributed by atoms with E-state index in [0.717, 1.165) is 75.3 Å². The molecule has 13 heteroatoms. The van der Waals surface area contributed by atoms with Crippen molar-refractivity contribution < 1.29 is 51.6 Å².